The third-order valence-corrected chi connectivity index (χ3v) is 8.30. The highest BCUT2D eigenvalue weighted by atomic mass is 32.2. The van der Waals surface area contributed by atoms with E-state index in [0.717, 1.165) is 51.9 Å². The summed E-state index contributed by atoms with van der Waals surface area (Å²) in [5.41, 5.74) is 0. The summed E-state index contributed by atoms with van der Waals surface area (Å²) < 4.78 is 32.7. The highest BCUT2D eigenvalue weighted by Gasteiger charge is 2.50. The first-order valence-corrected chi connectivity index (χ1v) is 10.4. The molecule has 2 heterocycles. The van der Waals surface area contributed by atoms with Crippen LogP contribution in [0.1, 0.15) is 32.6 Å². The van der Waals surface area contributed by atoms with Crippen molar-refractivity contribution in [2.75, 3.05) is 33.3 Å². The van der Waals surface area contributed by atoms with E-state index in [1.165, 1.54) is 0 Å². The molecule has 24 heavy (non-hydrogen) atoms. The Morgan fingerprint density at radius 2 is 1.62 bits per heavy atom. The molecule has 1 aromatic carbocycles. The number of rotatable bonds is 4. The minimum absolute atomic E-state index is 0.200. The summed E-state index contributed by atoms with van der Waals surface area (Å²) in [5.74, 6) is 1.30. The zero-order chi connectivity index (χ0) is 17.2. The zero-order valence-corrected chi connectivity index (χ0v) is 15.5. The standard InChI is InChI=1S/C18H29N2O3S/c1-15-9-13-20(14-10-15,16-7-11-19-12-8-16)24(21,22)18-5-3-17(23-2)4-6-18/h3-6,15-16,19H,7-14H2,1-2H3/q+1. The van der Waals surface area contributed by atoms with Crippen molar-refractivity contribution in [3.63, 3.8) is 0 Å². The molecule has 0 unspecified atom stereocenters. The van der Waals surface area contributed by atoms with Crippen LogP contribution in [0.15, 0.2) is 29.2 Å². The minimum atomic E-state index is -3.42. The molecule has 134 valence electrons. The Labute approximate surface area is 145 Å². The van der Waals surface area contributed by atoms with Crippen LogP contribution in [0.3, 0.4) is 0 Å². The fourth-order valence-electron chi connectivity index (χ4n) is 4.17. The van der Waals surface area contributed by atoms with Crippen LogP contribution in [0.2, 0.25) is 0 Å². The van der Waals surface area contributed by atoms with Crippen molar-refractivity contribution in [3.8, 4) is 5.75 Å². The maximum atomic E-state index is 13.6. The Bertz CT molecular complexity index is 643. The topological polar surface area (TPSA) is 55.4 Å². The minimum Gasteiger partial charge on any atom is -0.497 e. The fourth-order valence-corrected chi connectivity index (χ4v) is 6.37. The predicted octanol–water partition coefficient (Wildman–Crippen LogP) is 2.38. The number of quaternary nitrogens is 1. The van der Waals surface area contributed by atoms with Gasteiger partial charge >= 0.3 is 10.0 Å². The maximum Gasteiger partial charge on any atom is 0.327 e. The number of nitrogens with zero attached hydrogens (tertiary/aromatic N) is 1. The Kier molecular flexibility index (Phi) is 5.18. The lowest BCUT2D eigenvalue weighted by molar-refractivity contribution is -0.841. The van der Waals surface area contributed by atoms with Gasteiger partial charge in [0.25, 0.3) is 0 Å². The second kappa shape index (κ2) is 7.02. The molecule has 0 radical (unpaired) electrons. The van der Waals surface area contributed by atoms with E-state index >= 15 is 0 Å². The SMILES string of the molecule is COc1ccc(S(=O)(=O)[N+]2(C3CCNCC3)CCC(C)CC2)cc1. The molecule has 5 nitrogen and oxygen atoms in total. The number of hydrogen-bond acceptors (Lipinski definition) is 4. The van der Waals surface area contributed by atoms with Crippen LogP contribution in [0, 0.1) is 5.92 Å². The number of methoxy groups -OCH3 is 1. The van der Waals surface area contributed by atoms with E-state index in [-0.39, 0.29) is 9.93 Å². The lowest BCUT2D eigenvalue weighted by Gasteiger charge is -2.47. The fraction of sp³-hybridized carbons (Fsp3) is 0.667. The van der Waals surface area contributed by atoms with E-state index in [2.05, 4.69) is 12.2 Å². The molecule has 0 amide bonds. The predicted molar refractivity (Wildman–Crippen MR) is 94.5 cm³/mol. The van der Waals surface area contributed by atoms with Crippen LogP contribution in [0.5, 0.6) is 5.75 Å². The maximum absolute atomic E-state index is 13.6. The van der Waals surface area contributed by atoms with E-state index in [1.807, 2.05) is 0 Å². The first-order valence-electron chi connectivity index (χ1n) is 8.96. The molecular weight excluding hydrogens is 324 g/mol. The molecular formula is C18H29N2O3S+. The molecule has 3 rings (SSSR count). The molecule has 2 aliphatic rings. The molecule has 2 saturated heterocycles. The number of sulfonamides is 1. The van der Waals surface area contributed by atoms with Gasteiger partial charge < -0.3 is 10.1 Å². The van der Waals surface area contributed by atoms with Crippen molar-refractivity contribution in [2.24, 2.45) is 5.92 Å². The lowest BCUT2D eigenvalue weighted by Crippen LogP contribution is -2.64. The van der Waals surface area contributed by atoms with Gasteiger partial charge in [-0.25, -0.2) is 3.89 Å². The van der Waals surface area contributed by atoms with E-state index in [4.69, 9.17) is 4.74 Å². The van der Waals surface area contributed by atoms with Crippen LogP contribution < -0.4 is 10.1 Å². The third kappa shape index (κ3) is 3.07. The number of piperidine rings is 2. The van der Waals surface area contributed by atoms with Crippen LogP contribution in [0.4, 0.5) is 0 Å². The number of likely N-dealkylation sites (tertiary alicyclic amines) is 1. The van der Waals surface area contributed by atoms with Crippen LogP contribution >= 0.6 is 0 Å². The lowest BCUT2D eigenvalue weighted by atomic mass is 9.95. The van der Waals surface area contributed by atoms with Crippen molar-refractivity contribution in [3.05, 3.63) is 24.3 Å². The van der Waals surface area contributed by atoms with Crippen LogP contribution in [-0.4, -0.2) is 51.6 Å². The molecule has 2 fully saturated rings. The van der Waals surface area contributed by atoms with Crippen molar-refractivity contribution in [1.82, 2.24) is 5.32 Å². The van der Waals surface area contributed by atoms with Gasteiger partial charge in [-0.2, -0.15) is 8.42 Å². The van der Waals surface area contributed by atoms with Crippen molar-refractivity contribution in [1.29, 1.82) is 0 Å². The second-order valence-corrected chi connectivity index (χ2v) is 9.36. The number of hydrogen-bond donors (Lipinski definition) is 1. The van der Waals surface area contributed by atoms with Gasteiger partial charge in [-0.3, -0.25) is 0 Å². The highest BCUT2D eigenvalue weighted by Crippen LogP contribution is 2.37. The van der Waals surface area contributed by atoms with Gasteiger partial charge in [-0.15, -0.1) is 0 Å². The Morgan fingerprint density at radius 1 is 1.04 bits per heavy atom. The van der Waals surface area contributed by atoms with E-state index in [9.17, 15) is 8.42 Å². The molecule has 0 spiro atoms. The third-order valence-electron chi connectivity index (χ3n) is 5.81. The summed E-state index contributed by atoms with van der Waals surface area (Å²) >= 11 is 0. The van der Waals surface area contributed by atoms with Crippen LogP contribution in [0.25, 0.3) is 0 Å². The summed E-state index contributed by atoms with van der Waals surface area (Å²) in [4.78, 5) is 0.427. The van der Waals surface area contributed by atoms with Gasteiger partial charge in [0.05, 0.1) is 20.2 Å². The van der Waals surface area contributed by atoms with Crippen molar-refractivity contribution >= 4 is 10.0 Å². The summed E-state index contributed by atoms with van der Waals surface area (Å²) in [6.45, 7) is 5.54. The smallest absolute Gasteiger partial charge is 0.327 e. The van der Waals surface area contributed by atoms with E-state index < -0.39 is 10.0 Å². The summed E-state index contributed by atoms with van der Waals surface area (Å²) in [5, 5.41) is 3.36. The van der Waals surface area contributed by atoms with Crippen molar-refractivity contribution in [2.45, 2.75) is 43.5 Å². The Morgan fingerprint density at radius 3 is 2.17 bits per heavy atom. The molecule has 6 heteroatoms. The summed E-state index contributed by atoms with van der Waals surface area (Å²) in [6.07, 6.45) is 3.84. The van der Waals surface area contributed by atoms with Gasteiger partial charge in [-0.1, -0.05) is 6.92 Å². The highest BCUT2D eigenvalue weighted by molar-refractivity contribution is 7.86. The molecule has 0 atom stereocenters. The average molecular weight is 354 g/mol. The van der Waals surface area contributed by atoms with Crippen molar-refractivity contribution < 1.29 is 17.0 Å². The zero-order valence-electron chi connectivity index (χ0n) is 14.7. The van der Waals surface area contributed by atoms with Gasteiger partial charge in [0, 0.05) is 38.8 Å². The van der Waals surface area contributed by atoms with Gasteiger partial charge in [0.15, 0.2) is 0 Å². The number of benzene rings is 1. The molecule has 0 aromatic heterocycles. The molecule has 0 bridgehead atoms. The van der Waals surface area contributed by atoms with Gasteiger partial charge in [0.1, 0.15) is 16.7 Å². The number of ether oxygens (including phenoxy) is 1. The van der Waals surface area contributed by atoms with Gasteiger partial charge in [0.2, 0.25) is 0 Å². The second-order valence-electron chi connectivity index (χ2n) is 7.21. The average Bonchev–Trinajstić information content (AvgIpc) is 2.63. The number of nitrogens with one attached hydrogen (secondary N) is 1. The normalized spacial score (nSPS) is 29.3. The molecule has 1 N–H and O–H groups in total. The van der Waals surface area contributed by atoms with E-state index in [1.54, 1.807) is 31.4 Å². The Hall–Kier alpha value is -1.11. The van der Waals surface area contributed by atoms with Crippen LogP contribution in [-0.2, 0) is 10.0 Å². The largest absolute Gasteiger partial charge is 0.497 e. The Balaban J connectivity index is 1.99. The first kappa shape index (κ1) is 17.7. The molecule has 2 aliphatic heterocycles. The van der Waals surface area contributed by atoms with E-state index in [0.29, 0.717) is 16.6 Å². The van der Waals surface area contributed by atoms with Gasteiger partial charge in [-0.05, 0) is 30.2 Å². The molecule has 1 aromatic rings. The molecule has 0 saturated carbocycles. The summed E-state index contributed by atoms with van der Waals surface area (Å²) in [7, 11) is -1.82. The summed E-state index contributed by atoms with van der Waals surface area (Å²) in [6, 6.07) is 7.10. The molecule has 0 aliphatic carbocycles. The first-order chi connectivity index (χ1) is 11.5. The monoisotopic (exact) mass is 353 g/mol. The quantitative estimate of drug-likeness (QED) is 0.845.